The van der Waals surface area contributed by atoms with Gasteiger partial charge >= 0.3 is 6.03 Å². The third-order valence-corrected chi connectivity index (χ3v) is 4.10. The topological polar surface area (TPSA) is 50.4 Å². The Hall–Kier alpha value is -2.20. The number of hydrogen-bond donors (Lipinski definition) is 2. The molecule has 5 heteroatoms. The SMILES string of the molecule is CCOc1ccc(C(C)NC(=O)NC(C)c2ccccc2Cl)cc1. The molecule has 2 amide bonds. The van der Waals surface area contributed by atoms with E-state index in [1.54, 1.807) is 0 Å². The molecule has 2 rings (SSSR count). The summed E-state index contributed by atoms with van der Waals surface area (Å²) < 4.78 is 5.42. The van der Waals surface area contributed by atoms with Crippen molar-refractivity contribution in [2.24, 2.45) is 0 Å². The summed E-state index contributed by atoms with van der Waals surface area (Å²) in [6, 6.07) is 14.7. The van der Waals surface area contributed by atoms with E-state index in [0.717, 1.165) is 16.9 Å². The van der Waals surface area contributed by atoms with Crippen molar-refractivity contribution in [2.75, 3.05) is 6.61 Å². The third-order valence-electron chi connectivity index (χ3n) is 3.76. The van der Waals surface area contributed by atoms with E-state index < -0.39 is 0 Å². The van der Waals surface area contributed by atoms with Crippen molar-refractivity contribution in [1.29, 1.82) is 0 Å². The average Bonchev–Trinajstić information content (AvgIpc) is 2.56. The molecular formula is C19H23ClN2O2. The number of benzene rings is 2. The van der Waals surface area contributed by atoms with Crippen LogP contribution in [0, 0.1) is 0 Å². The van der Waals surface area contributed by atoms with Gasteiger partial charge in [0.1, 0.15) is 5.75 Å². The van der Waals surface area contributed by atoms with Crippen LogP contribution in [0.25, 0.3) is 0 Å². The van der Waals surface area contributed by atoms with Gasteiger partial charge in [0.05, 0.1) is 18.7 Å². The van der Waals surface area contributed by atoms with Crippen LogP contribution in [0.15, 0.2) is 48.5 Å². The van der Waals surface area contributed by atoms with E-state index in [2.05, 4.69) is 10.6 Å². The molecule has 2 aromatic carbocycles. The van der Waals surface area contributed by atoms with Crippen molar-refractivity contribution in [3.63, 3.8) is 0 Å². The second kappa shape index (κ2) is 8.60. The maximum atomic E-state index is 12.2. The first kappa shape index (κ1) is 18.1. The van der Waals surface area contributed by atoms with Crippen molar-refractivity contribution >= 4 is 17.6 Å². The second-order valence-electron chi connectivity index (χ2n) is 5.58. The highest BCUT2D eigenvalue weighted by molar-refractivity contribution is 6.31. The standard InChI is InChI=1S/C19H23ClN2O2/c1-4-24-16-11-9-15(10-12-16)13(2)21-19(23)22-14(3)17-7-5-6-8-18(17)20/h5-14H,4H2,1-3H3,(H2,21,22,23). The summed E-state index contributed by atoms with van der Waals surface area (Å²) in [7, 11) is 0. The molecule has 0 bridgehead atoms. The van der Waals surface area contributed by atoms with Gasteiger partial charge in [-0.2, -0.15) is 0 Å². The molecule has 0 radical (unpaired) electrons. The molecule has 24 heavy (non-hydrogen) atoms. The van der Waals surface area contributed by atoms with Crippen LogP contribution in [0.2, 0.25) is 5.02 Å². The summed E-state index contributed by atoms with van der Waals surface area (Å²) in [6.07, 6.45) is 0. The average molecular weight is 347 g/mol. The number of nitrogens with one attached hydrogen (secondary N) is 2. The Balaban J connectivity index is 1.92. The molecule has 2 N–H and O–H groups in total. The Morgan fingerprint density at radius 1 is 1.04 bits per heavy atom. The third kappa shape index (κ3) is 4.90. The molecule has 0 saturated carbocycles. The molecule has 0 heterocycles. The normalized spacial score (nSPS) is 13.0. The molecule has 0 saturated heterocycles. The van der Waals surface area contributed by atoms with Crippen molar-refractivity contribution in [2.45, 2.75) is 32.9 Å². The van der Waals surface area contributed by atoms with Gasteiger partial charge in [0.15, 0.2) is 0 Å². The predicted molar refractivity (Wildman–Crippen MR) is 97.6 cm³/mol. The Bertz CT molecular complexity index is 673. The number of urea groups is 1. The molecule has 0 spiro atoms. The maximum absolute atomic E-state index is 12.2. The lowest BCUT2D eigenvalue weighted by atomic mass is 10.1. The molecule has 0 aliphatic heterocycles. The van der Waals surface area contributed by atoms with Crippen molar-refractivity contribution in [3.05, 3.63) is 64.7 Å². The van der Waals surface area contributed by atoms with E-state index in [9.17, 15) is 4.79 Å². The number of carbonyl (C=O) groups excluding carboxylic acids is 1. The van der Waals surface area contributed by atoms with Crippen molar-refractivity contribution < 1.29 is 9.53 Å². The minimum absolute atomic E-state index is 0.112. The van der Waals surface area contributed by atoms with Gasteiger partial charge in [0, 0.05) is 5.02 Å². The molecule has 2 atom stereocenters. The highest BCUT2D eigenvalue weighted by Crippen LogP contribution is 2.22. The van der Waals surface area contributed by atoms with Crippen molar-refractivity contribution in [1.82, 2.24) is 10.6 Å². The minimum Gasteiger partial charge on any atom is -0.494 e. The number of halogens is 1. The van der Waals surface area contributed by atoms with Gasteiger partial charge in [-0.1, -0.05) is 41.9 Å². The van der Waals surface area contributed by atoms with Gasteiger partial charge in [-0.25, -0.2) is 4.79 Å². The molecule has 0 fully saturated rings. The van der Waals surface area contributed by atoms with E-state index in [4.69, 9.17) is 16.3 Å². The fourth-order valence-electron chi connectivity index (χ4n) is 2.44. The van der Waals surface area contributed by atoms with Crippen LogP contribution in [0.5, 0.6) is 5.75 Å². The lowest BCUT2D eigenvalue weighted by Gasteiger charge is -2.19. The van der Waals surface area contributed by atoms with E-state index in [-0.39, 0.29) is 18.1 Å². The molecule has 128 valence electrons. The van der Waals surface area contributed by atoms with Gasteiger partial charge in [0.25, 0.3) is 0 Å². The van der Waals surface area contributed by atoms with Gasteiger partial charge in [-0.15, -0.1) is 0 Å². The number of ether oxygens (including phenoxy) is 1. The van der Waals surface area contributed by atoms with Crippen LogP contribution in [0.3, 0.4) is 0 Å². The fraction of sp³-hybridized carbons (Fsp3) is 0.316. The number of carbonyl (C=O) groups is 1. The maximum Gasteiger partial charge on any atom is 0.315 e. The van der Waals surface area contributed by atoms with Gasteiger partial charge in [-0.3, -0.25) is 0 Å². The van der Waals surface area contributed by atoms with Gasteiger partial charge in [0.2, 0.25) is 0 Å². The Morgan fingerprint density at radius 3 is 2.29 bits per heavy atom. The second-order valence-corrected chi connectivity index (χ2v) is 5.99. The molecule has 0 aliphatic carbocycles. The Labute approximate surface area is 148 Å². The summed E-state index contributed by atoms with van der Waals surface area (Å²) in [5.74, 6) is 0.824. The van der Waals surface area contributed by atoms with Crippen LogP contribution in [-0.2, 0) is 0 Å². The van der Waals surface area contributed by atoms with Crippen LogP contribution in [-0.4, -0.2) is 12.6 Å². The highest BCUT2D eigenvalue weighted by atomic mass is 35.5. The van der Waals surface area contributed by atoms with Crippen LogP contribution < -0.4 is 15.4 Å². The molecule has 4 nitrogen and oxygen atoms in total. The van der Waals surface area contributed by atoms with E-state index >= 15 is 0 Å². The van der Waals surface area contributed by atoms with Crippen LogP contribution in [0.4, 0.5) is 4.79 Å². The number of amides is 2. The number of hydrogen-bond acceptors (Lipinski definition) is 2. The van der Waals surface area contributed by atoms with E-state index in [0.29, 0.717) is 11.6 Å². The van der Waals surface area contributed by atoms with Crippen LogP contribution >= 0.6 is 11.6 Å². The lowest BCUT2D eigenvalue weighted by Crippen LogP contribution is -2.38. The first-order valence-electron chi connectivity index (χ1n) is 8.05. The zero-order valence-electron chi connectivity index (χ0n) is 14.2. The van der Waals surface area contributed by atoms with Gasteiger partial charge < -0.3 is 15.4 Å². The number of rotatable bonds is 6. The molecular weight excluding hydrogens is 324 g/mol. The summed E-state index contributed by atoms with van der Waals surface area (Å²) in [6.45, 7) is 6.43. The fourth-order valence-corrected chi connectivity index (χ4v) is 2.74. The molecule has 0 aliphatic rings. The van der Waals surface area contributed by atoms with E-state index in [1.165, 1.54) is 0 Å². The zero-order valence-corrected chi connectivity index (χ0v) is 14.9. The predicted octanol–water partition coefficient (Wildman–Crippen LogP) is 4.86. The Kier molecular flexibility index (Phi) is 6.50. The largest absolute Gasteiger partial charge is 0.494 e. The minimum atomic E-state index is -0.233. The van der Waals surface area contributed by atoms with E-state index in [1.807, 2.05) is 69.3 Å². The molecule has 0 aromatic heterocycles. The quantitative estimate of drug-likeness (QED) is 0.784. The summed E-state index contributed by atoms with van der Waals surface area (Å²) in [5, 5.41) is 6.49. The summed E-state index contributed by atoms with van der Waals surface area (Å²) >= 11 is 6.16. The summed E-state index contributed by atoms with van der Waals surface area (Å²) in [5.41, 5.74) is 1.90. The first-order valence-corrected chi connectivity index (χ1v) is 8.43. The zero-order chi connectivity index (χ0) is 17.5. The monoisotopic (exact) mass is 346 g/mol. The van der Waals surface area contributed by atoms with Crippen LogP contribution in [0.1, 0.15) is 44.0 Å². The lowest BCUT2D eigenvalue weighted by molar-refractivity contribution is 0.235. The molecule has 2 unspecified atom stereocenters. The van der Waals surface area contributed by atoms with Crippen molar-refractivity contribution in [3.8, 4) is 5.75 Å². The smallest absolute Gasteiger partial charge is 0.315 e. The molecule has 2 aromatic rings. The first-order chi connectivity index (χ1) is 11.5. The Morgan fingerprint density at radius 2 is 1.67 bits per heavy atom. The highest BCUT2D eigenvalue weighted by Gasteiger charge is 2.14. The van der Waals surface area contributed by atoms with Gasteiger partial charge in [-0.05, 0) is 50.1 Å². The summed E-state index contributed by atoms with van der Waals surface area (Å²) in [4.78, 5) is 12.2.